The van der Waals surface area contributed by atoms with Crippen LogP contribution >= 0.6 is 0 Å². The van der Waals surface area contributed by atoms with Crippen molar-refractivity contribution in [3.8, 4) is 0 Å². The van der Waals surface area contributed by atoms with E-state index in [1.54, 1.807) is 17.3 Å². The molecule has 0 amide bonds. The third-order valence-electron chi connectivity index (χ3n) is 1.77. The molecule has 1 aromatic heterocycles. The molecule has 1 N–H and O–H groups in total. The summed E-state index contributed by atoms with van der Waals surface area (Å²) in [5.74, 6) is 0. The van der Waals surface area contributed by atoms with E-state index in [2.05, 4.69) is 10.2 Å². The van der Waals surface area contributed by atoms with Gasteiger partial charge >= 0.3 is 0 Å². The molecule has 0 saturated heterocycles. The average molecular weight is 175 g/mol. The summed E-state index contributed by atoms with van der Waals surface area (Å²) in [7, 11) is 0. The maximum atomic E-state index is 7.10. The first-order valence-electron chi connectivity index (χ1n) is 3.90. The first-order valence-corrected chi connectivity index (χ1v) is 3.90. The Morgan fingerprint density at radius 3 is 2.85 bits per heavy atom. The SMILES string of the molecule is N=CC1=CN(n2cnnc2)CC=C1. The van der Waals surface area contributed by atoms with Crippen LogP contribution in [0.1, 0.15) is 0 Å². The van der Waals surface area contributed by atoms with Crippen molar-refractivity contribution in [2.45, 2.75) is 0 Å². The van der Waals surface area contributed by atoms with Crippen molar-refractivity contribution < 1.29 is 0 Å². The van der Waals surface area contributed by atoms with Crippen LogP contribution in [0, 0.1) is 5.41 Å². The predicted octanol–water partition coefficient (Wildman–Crippen LogP) is 0.319. The minimum absolute atomic E-state index is 0.773. The topological polar surface area (TPSA) is 57.8 Å². The summed E-state index contributed by atoms with van der Waals surface area (Å²) < 4.78 is 1.77. The maximum Gasteiger partial charge on any atom is 0.139 e. The van der Waals surface area contributed by atoms with Crippen molar-refractivity contribution in [2.75, 3.05) is 11.6 Å². The number of rotatable bonds is 2. The molecule has 5 nitrogen and oxygen atoms in total. The van der Waals surface area contributed by atoms with Gasteiger partial charge in [0.05, 0.1) is 6.54 Å². The average Bonchev–Trinajstić information content (AvgIpc) is 2.71. The highest BCUT2D eigenvalue weighted by atomic mass is 15.6. The lowest BCUT2D eigenvalue weighted by molar-refractivity contribution is 0.718. The zero-order valence-electron chi connectivity index (χ0n) is 6.96. The summed E-state index contributed by atoms with van der Waals surface area (Å²) in [4.78, 5) is 0. The Morgan fingerprint density at radius 2 is 2.15 bits per heavy atom. The van der Waals surface area contributed by atoms with Gasteiger partial charge in [-0.2, -0.15) is 0 Å². The lowest BCUT2D eigenvalue weighted by atomic mass is 10.2. The third kappa shape index (κ3) is 1.48. The molecule has 0 saturated carbocycles. The second-order valence-electron chi connectivity index (χ2n) is 2.64. The Morgan fingerprint density at radius 1 is 1.38 bits per heavy atom. The molecule has 0 bridgehead atoms. The second kappa shape index (κ2) is 3.22. The standard InChI is InChI=1S/C8H9N5/c9-4-8-2-1-3-12(5-8)13-6-10-11-7-13/h1-2,4-7,9H,3H2. The van der Waals surface area contributed by atoms with Gasteiger partial charge in [-0.3, -0.25) is 5.01 Å². The Bertz CT molecular complexity index is 349. The minimum atomic E-state index is 0.773. The zero-order valence-corrected chi connectivity index (χ0v) is 6.96. The van der Waals surface area contributed by atoms with Gasteiger partial charge in [0.15, 0.2) is 0 Å². The Balaban J connectivity index is 2.24. The van der Waals surface area contributed by atoms with Crippen LogP contribution in [-0.4, -0.2) is 27.6 Å². The molecule has 0 spiro atoms. The van der Waals surface area contributed by atoms with Crippen molar-refractivity contribution in [1.82, 2.24) is 14.9 Å². The number of nitrogens with one attached hydrogen (secondary N) is 1. The monoisotopic (exact) mass is 175 g/mol. The van der Waals surface area contributed by atoms with E-state index in [0.717, 1.165) is 12.1 Å². The van der Waals surface area contributed by atoms with Crippen LogP contribution in [0.4, 0.5) is 0 Å². The van der Waals surface area contributed by atoms with E-state index in [0.29, 0.717) is 0 Å². The molecule has 0 atom stereocenters. The van der Waals surface area contributed by atoms with Crippen molar-refractivity contribution in [3.05, 3.63) is 36.6 Å². The van der Waals surface area contributed by atoms with Crippen molar-refractivity contribution >= 4 is 6.21 Å². The van der Waals surface area contributed by atoms with Crippen molar-refractivity contribution in [3.63, 3.8) is 0 Å². The van der Waals surface area contributed by atoms with Crippen LogP contribution in [0.2, 0.25) is 0 Å². The van der Waals surface area contributed by atoms with Crippen LogP contribution in [0.15, 0.2) is 36.6 Å². The summed E-state index contributed by atoms with van der Waals surface area (Å²) in [6.07, 6.45) is 10.3. The molecular weight excluding hydrogens is 166 g/mol. The van der Waals surface area contributed by atoms with E-state index in [9.17, 15) is 0 Å². The summed E-state index contributed by atoms with van der Waals surface area (Å²) in [6.45, 7) is 0.773. The van der Waals surface area contributed by atoms with Gasteiger partial charge in [0.1, 0.15) is 12.7 Å². The molecule has 66 valence electrons. The van der Waals surface area contributed by atoms with Crippen LogP contribution in [-0.2, 0) is 0 Å². The lowest BCUT2D eigenvalue weighted by Gasteiger charge is -2.21. The fourth-order valence-electron chi connectivity index (χ4n) is 1.14. The van der Waals surface area contributed by atoms with E-state index in [-0.39, 0.29) is 0 Å². The molecular formula is C8H9N5. The van der Waals surface area contributed by atoms with E-state index >= 15 is 0 Å². The molecule has 1 aromatic rings. The minimum Gasteiger partial charge on any atom is -0.308 e. The Hall–Kier alpha value is -1.91. The summed E-state index contributed by atoms with van der Waals surface area (Å²) >= 11 is 0. The zero-order chi connectivity index (χ0) is 9.10. The molecule has 2 heterocycles. The number of aromatic nitrogens is 3. The fourth-order valence-corrected chi connectivity index (χ4v) is 1.14. The molecule has 0 radical (unpaired) electrons. The predicted molar refractivity (Wildman–Crippen MR) is 49.1 cm³/mol. The number of hydrogen-bond acceptors (Lipinski definition) is 4. The van der Waals surface area contributed by atoms with E-state index in [1.807, 2.05) is 23.4 Å². The summed E-state index contributed by atoms with van der Waals surface area (Å²) in [5.41, 5.74) is 0.861. The van der Waals surface area contributed by atoms with Crippen LogP contribution in [0.25, 0.3) is 0 Å². The smallest absolute Gasteiger partial charge is 0.139 e. The van der Waals surface area contributed by atoms with Gasteiger partial charge in [-0.05, 0) is 0 Å². The van der Waals surface area contributed by atoms with Crippen LogP contribution in [0.3, 0.4) is 0 Å². The molecule has 5 heteroatoms. The molecule has 2 rings (SSSR count). The molecule has 13 heavy (non-hydrogen) atoms. The van der Waals surface area contributed by atoms with Gasteiger partial charge in [-0.25, -0.2) is 4.68 Å². The van der Waals surface area contributed by atoms with Gasteiger partial charge < -0.3 is 5.41 Å². The van der Waals surface area contributed by atoms with Gasteiger partial charge in [-0.1, -0.05) is 12.2 Å². The highest BCUT2D eigenvalue weighted by molar-refractivity contribution is 5.80. The van der Waals surface area contributed by atoms with E-state index in [1.165, 1.54) is 6.21 Å². The van der Waals surface area contributed by atoms with Crippen molar-refractivity contribution in [1.29, 1.82) is 5.41 Å². The Labute approximate surface area is 75.5 Å². The van der Waals surface area contributed by atoms with Gasteiger partial charge in [0.2, 0.25) is 0 Å². The highest BCUT2D eigenvalue weighted by Gasteiger charge is 2.04. The van der Waals surface area contributed by atoms with Gasteiger partial charge in [0.25, 0.3) is 0 Å². The molecule has 1 aliphatic rings. The molecule has 0 aliphatic carbocycles. The van der Waals surface area contributed by atoms with Crippen molar-refractivity contribution in [2.24, 2.45) is 0 Å². The fraction of sp³-hybridized carbons (Fsp3) is 0.125. The quantitative estimate of drug-likeness (QED) is 0.658. The number of allylic oxidation sites excluding steroid dienone is 2. The number of nitrogens with zero attached hydrogens (tertiary/aromatic N) is 4. The van der Waals surface area contributed by atoms with Crippen LogP contribution in [0.5, 0.6) is 0 Å². The van der Waals surface area contributed by atoms with Gasteiger partial charge in [0, 0.05) is 18.0 Å². The second-order valence-corrected chi connectivity index (χ2v) is 2.64. The van der Waals surface area contributed by atoms with Gasteiger partial charge in [-0.15, -0.1) is 10.2 Å². The lowest BCUT2D eigenvalue weighted by Crippen LogP contribution is -2.30. The summed E-state index contributed by atoms with van der Waals surface area (Å²) in [6, 6.07) is 0. The first-order chi connectivity index (χ1) is 6.40. The maximum absolute atomic E-state index is 7.10. The highest BCUT2D eigenvalue weighted by Crippen LogP contribution is 2.03. The number of hydrogen-bond donors (Lipinski definition) is 1. The molecule has 0 fully saturated rings. The van der Waals surface area contributed by atoms with E-state index < -0.39 is 0 Å². The molecule has 0 unspecified atom stereocenters. The Kier molecular flexibility index (Phi) is 1.91. The molecule has 0 aromatic carbocycles. The third-order valence-corrected chi connectivity index (χ3v) is 1.77. The molecule has 1 aliphatic heterocycles. The summed E-state index contributed by atoms with van der Waals surface area (Å²) in [5, 5.41) is 16.4. The van der Waals surface area contributed by atoms with E-state index in [4.69, 9.17) is 5.41 Å². The van der Waals surface area contributed by atoms with Crippen LogP contribution < -0.4 is 5.01 Å². The normalized spacial score (nSPS) is 15.7. The largest absolute Gasteiger partial charge is 0.308 e. The first kappa shape index (κ1) is 7.72.